The van der Waals surface area contributed by atoms with Crippen LogP contribution in [0.2, 0.25) is 0 Å². The molecule has 0 fully saturated rings. The molecule has 1 heteroatoms. The Morgan fingerprint density at radius 1 is 1.06 bits per heavy atom. The highest BCUT2D eigenvalue weighted by Gasteiger charge is 2.19. The van der Waals surface area contributed by atoms with Crippen molar-refractivity contribution in [1.29, 1.82) is 0 Å². The van der Waals surface area contributed by atoms with Crippen LogP contribution in [0.1, 0.15) is 71.1 Å². The van der Waals surface area contributed by atoms with Crippen molar-refractivity contribution in [2.24, 2.45) is 0 Å². The third-order valence-electron chi connectivity index (χ3n) is 3.64. The second-order valence-corrected chi connectivity index (χ2v) is 5.09. The summed E-state index contributed by atoms with van der Waals surface area (Å²) in [5.41, 5.74) is 4.33. The van der Waals surface area contributed by atoms with E-state index in [0.717, 1.165) is 0 Å². The maximum Gasteiger partial charge on any atom is 0.0439 e. The van der Waals surface area contributed by atoms with Crippen molar-refractivity contribution in [2.75, 3.05) is 0 Å². The van der Waals surface area contributed by atoms with Crippen LogP contribution in [-0.4, -0.2) is 0 Å². The van der Waals surface area contributed by atoms with E-state index < -0.39 is 0 Å². The molecule has 0 spiro atoms. The minimum atomic E-state index is 1.21. The van der Waals surface area contributed by atoms with Gasteiger partial charge in [0.25, 0.3) is 0 Å². The Hall–Kier alpha value is -0.720. The normalized spacial score (nSPS) is 19.4. The number of rotatable bonds is 6. The van der Waals surface area contributed by atoms with Gasteiger partial charge in [0.1, 0.15) is 0 Å². The summed E-state index contributed by atoms with van der Waals surface area (Å²) in [5.74, 6) is 0. The Bertz CT molecular complexity index is 286. The van der Waals surface area contributed by atoms with E-state index in [0.29, 0.717) is 0 Å². The molecule has 0 amide bonds. The Morgan fingerprint density at radius 2 is 1.88 bits per heavy atom. The second kappa shape index (κ2) is 6.12. The van der Waals surface area contributed by atoms with Crippen LogP contribution in [0, 0.1) is 0 Å². The van der Waals surface area contributed by atoms with Crippen LogP contribution in [0.4, 0.5) is 0 Å². The summed E-state index contributed by atoms with van der Waals surface area (Å²) in [6, 6.07) is 0. The monoisotopic (exact) mass is 218 g/mol. The van der Waals surface area contributed by atoms with E-state index >= 15 is 0 Å². The Balaban J connectivity index is 1.66. The van der Waals surface area contributed by atoms with Gasteiger partial charge in [-0.25, -0.2) is 0 Å². The van der Waals surface area contributed by atoms with E-state index in [1.165, 1.54) is 75.6 Å². The van der Waals surface area contributed by atoms with E-state index in [9.17, 15) is 0 Å². The predicted octanol–water partition coefficient (Wildman–Crippen LogP) is 4.68. The molecule has 0 unspecified atom stereocenters. The fraction of sp³-hybridized carbons (Fsp3) is 0.733. The number of hydrogen-bond donors (Lipinski definition) is 0. The summed E-state index contributed by atoms with van der Waals surface area (Å²) in [5, 5.41) is 4.77. The van der Waals surface area contributed by atoms with E-state index in [2.05, 4.69) is 13.0 Å². The molecule has 2 rings (SSSR count). The van der Waals surface area contributed by atoms with Gasteiger partial charge in [0.15, 0.2) is 0 Å². The van der Waals surface area contributed by atoms with E-state index in [-0.39, 0.29) is 0 Å². The highest BCUT2D eigenvalue weighted by atomic mass is 14.9. The molecule has 16 heavy (non-hydrogen) atoms. The lowest BCUT2D eigenvalue weighted by atomic mass is 9.98. The van der Waals surface area contributed by atoms with Gasteiger partial charge in [0.05, 0.1) is 0 Å². The van der Waals surface area contributed by atoms with Gasteiger partial charge in [-0.1, -0.05) is 32.6 Å². The number of allylic oxidation sites excluding steroid dienone is 4. The van der Waals surface area contributed by atoms with Gasteiger partial charge in [-0.2, -0.15) is 0 Å². The van der Waals surface area contributed by atoms with Crippen LogP contribution in [0.25, 0.3) is 0 Å². The van der Waals surface area contributed by atoms with Gasteiger partial charge in [0.2, 0.25) is 0 Å². The molecule has 0 aromatic carbocycles. The van der Waals surface area contributed by atoms with Gasteiger partial charge in [-0.05, 0) is 50.2 Å². The van der Waals surface area contributed by atoms with E-state index in [4.69, 9.17) is 5.32 Å². The van der Waals surface area contributed by atoms with Crippen LogP contribution >= 0.6 is 0 Å². The van der Waals surface area contributed by atoms with E-state index in [1.54, 1.807) is 5.57 Å². The summed E-state index contributed by atoms with van der Waals surface area (Å²) in [7, 11) is 0. The third kappa shape index (κ3) is 3.13. The first-order valence-corrected chi connectivity index (χ1v) is 7.04. The molecule has 0 aromatic rings. The molecule has 0 N–H and O–H groups in total. The molecule has 1 aliphatic heterocycles. The number of hydrogen-bond acceptors (Lipinski definition) is 0. The first kappa shape index (κ1) is 11.8. The quantitative estimate of drug-likeness (QED) is 0.575. The first-order valence-electron chi connectivity index (χ1n) is 7.04. The zero-order chi connectivity index (χ0) is 11.2. The lowest BCUT2D eigenvalue weighted by Crippen LogP contribution is -2.03. The highest BCUT2D eigenvalue weighted by molar-refractivity contribution is 5.37. The second-order valence-electron chi connectivity index (χ2n) is 5.09. The average molecular weight is 218 g/mol. The van der Waals surface area contributed by atoms with Gasteiger partial charge >= 0.3 is 0 Å². The van der Waals surface area contributed by atoms with Gasteiger partial charge < -0.3 is 0 Å². The summed E-state index contributed by atoms with van der Waals surface area (Å²) in [4.78, 5) is 0. The van der Waals surface area contributed by atoms with Crippen molar-refractivity contribution in [2.45, 2.75) is 71.1 Å². The molecule has 89 valence electrons. The molecule has 0 bridgehead atoms. The average Bonchev–Trinajstić information content (AvgIpc) is 2.71. The molecule has 0 aromatic heterocycles. The molecular formula is C15H24N. The molecule has 0 atom stereocenters. The minimum absolute atomic E-state index is 1.21. The first-order chi connectivity index (χ1) is 7.90. The van der Waals surface area contributed by atoms with Crippen LogP contribution in [-0.2, 0) is 0 Å². The van der Waals surface area contributed by atoms with E-state index in [1.807, 2.05) is 0 Å². The van der Waals surface area contributed by atoms with Crippen molar-refractivity contribution >= 4 is 0 Å². The van der Waals surface area contributed by atoms with Crippen molar-refractivity contribution in [1.82, 2.24) is 5.32 Å². The molecule has 0 saturated heterocycles. The molecule has 2 aliphatic rings. The zero-order valence-corrected chi connectivity index (χ0v) is 10.6. The maximum absolute atomic E-state index is 4.77. The smallest absolute Gasteiger partial charge is 0.0439 e. The fourth-order valence-corrected chi connectivity index (χ4v) is 2.64. The Labute approximate surface area is 100 Å². The number of unbranched alkanes of at least 4 members (excludes halogenated alkanes) is 4. The van der Waals surface area contributed by atoms with Crippen LogP contribution in [0.15, 0.2) is 23.0 Å². The Morgan fingerprint density at radius 3 is 2.69 bits per heavy atom. The van der Waals surface area contributed by atoms with Gasteiger partial charge in [-0.15, -0.1) is 0 Å². The Kier molecular flexibility index (Phi) is 4.50. The highest BCUT2D eigenvalue weighted by Crippen LogP contribution is 2.32. The number of nitrogens with zero attached hydrogens (tertiary/aromatic N) is 1. The molecule has 1 nitrogen and oxygen atoms in total. The summed E-state index contributed by atoms with van der Waals surface area (Å²) < 4.78 is 0. The minimum Gasteiger partial charge on any atom is -0.258 e. The summed E-state index contributed by atoms with van der Waals surface area (Å²) in [6.45, 7) is 2.27. The van der Waals surface area contributed by atoms with Crippen molar-refractivity contribution in [3.8, 4) is 0 Å². The third-order valence-corrected chi connectivity index (χ3v) is 3.64. The molecule has 0 saturated carbocycles. The standard InChI is InChI=1S/C15H24N/c1-2-3-4-5-6-10-14-12-13-9-7-8-11-15(13)16-14/h12H,2-11H2,1H3. The predicted molar refractivity (Wildman–Crippen MR) is 69.1 cm³/mol. The largest absolute Gasteiger partial charge is 0.258 e. The van der Waals surface area contributed by atoms with Crippen molar-refractivity contribution < 1.29 is 0 Å². The summed E-state index contributed by atoms with van der Waals surface area (Å²) >= 11 is 0. The van der Waals surface area contributed by atoms with Crippen molar-refractivity contribution in [3.63, 3.8) is 0 Å². The van der Waals surface area contributed by atoms with Gasteiger partial charge in [-0.3, -0.25) is 5.32 Å². The topological polar surface area (TPSA) is 14.1 Å². The van der Waals surface area contributed by atoms with Crippen LogP contribution < -0.4 is 5.32 Å². The van der Waals surface area contributed by atoms with Crippen LogP contribution in [0.3, 0.4) is 0 Å². The SMILES string of the molecule is CCCCCCCC1=CC2=C(CCCC2)[N]1. The summed E-state index contributed by atoms with van der Waals surface area (Å²) in [6.07, 6.45) is 15.6. The van der Waals surface area contributed by atoms with Gasteiger partial charge in [0, 0.05) is 11.4 Å². The zero-order valence-electron chi connectivity index (χ0n) is 10.6. The molecule has 1 radical (unpaired) electrons. The fourth-order valence-electron chi connectivity index (χ4n) is 2.64. The van der Waals surface area contributed by atoms with Crippen molar-refractivity contribution in [3.05, 3.63) is 23.0 Å². The molecule has 1 aliphatic carbocycles. The molecular weight excluding hydrogens is 194 g/mol. The lowest BCUT2D eigenvalue weighted by Gasteiger charge is -2.11. The maximum atomic E-state index is 4.77. The molecule has 1 heterocycles. The lowest BCUT2D eigenvalue weighted by molar-refractivity contribution is 0.615. The van der Waals surface area contributed by atoms with Crippen LogP contribution in [0.5, 0.6) is 0 Å².